The van der Waals surface area contributed by atoms with Gasteiger partial charge in [-0.2, -0.15) is 0 Å². The van der Waals surface area contributed by atoms with E-state index in [9.17, 15) is 4.79 Å². The van der Waals surface area contributed by atoms with E-state index in [-0.39, 0.29) is 5.78 Å². The molecule has 0 aliphatic rings. The van der Waals surface area contributed by atoms with Gasteiger partial charge in [0.05, 0.1) is 10.7 Å². The molecule has 0 aliphatic heterocycles. The Kier molecular flexibility index (Phi) is 5.92. The van der Waals surface area contributed by atoms with Crippen LogP contribution in [0, 0.1) is 6.92 Å². The first kappa shape index (κ1) is 14.5. The summed E-state index contributed by atoms with van der Waals surface area (Å²) >= 11 is 3.55. The Morgan fingerprint density at radius 2 is 2.29 bits per heavy atom. The van der Waals surface area contributed by atoms with Crippen molar-refractivity contribution < 1.29 is 4.79 Å². The molecule has 0 bridgehead atoms. The number of allylic oxidation sites excluding steroid dienone is 1. The van der Waals surface area contributed by atoms with Crippen LogP contribution in [0.25, 0.3) is 0 Å². The Morgan fingerprint density at radius 3 is 2.82 bits per heavy atom. The van der Waals surface area contributed by atoms with Crippen LogP contribution < -0.4 is 0 Å². The lowest BCUT2D eigenvalue weighted by Crippen LogP contribution is -1.97. The smallest absolute Gasteiger partial charge is 0.133 e. The van der Waals surface area contributed by atoms with E-state index in [0.29, 0.717) is 11.7 Å². The predicted molar refractivity (Wildman–Crippen MR) is 76.7 cm³/mol. The van der Waals surface area contributed by atoms with Gasteiger partial charge >= 0.3 is 0 Å². The fourth-order valence-corrected chi connectivity index (χ4v) is 3.22. The second-order valence-corrected chi connectivity index (χ2v) is 6.69. The molecule has 1 rings (SSSR count). The number of Topliss-reactive ketones (excluding diaryl/α,β-unsaturated/α-hetero) is 1. The highest BCUT2D eigenvalue weighted by atomic mass is 32.2. The first-order chi connectivity index (χ1) is 7.97. The van der Waals surface area contributed by atoms with Crippen molar-refractivity contribution in [2.75, 3.05) is 0 Å². The Labute approximate surface area is 112 Å². The molecule has 1 unspecified atom stereocenters. The van der Waals surface area contributed by atoms with E-state index in [2.05, 4.69) is 23.4 Å². The second kappa shape index (κ2) is 6.97. The number of carbonyl (C=O) groups is 1. The van der Waals surface area contributed by atoms with Gasteiger partial charge in [0.2, 0.25) is 0 Å². The molecular formula is C13H19NOS2. The summed E-state index contributed by atoms with van der Waals surface area (Å²) in [6, 6.07) is 0. The van der Waals surface area contributed by atoms with E-state index in [4.69, 9.17) is 0 Å². The number of hydrogen-bond donors (Lipinski definition) is 0. The molecule has 0 aromatic carbocycles. The molecule has 0 fully saturated rings. The molecule has 1 aromatic heterocycles. The normalized spacial score (nSPS) is 13.8. The maximum absolute atomic E-state index is 11.0. The summed E-state index contributed by atoms with van der Waals surface area (Å²) < 4.78 is 0. The summed E-state index contributed by atoms with van der Waals surface area (Å²) in [5.41, 5.74) is 2.31. The lowest BCUT2D eigenvalue weighted by molar-refractivity contribution is -0.116. The molecule has 1 heterocycles. The molecule has 0 aliphatic carbocycles. The molecule has 4 heteroatoms. The Balaban J connectivity index is 2.39. The van der Waals surface area contributed by atoms with Gasteiger partial charge in [-0.25, -0.2) is 4.98 Å². The maximum atomic E-state index is 11.0. The van der Waals surface area contributed by atoms with Crippen molar-refractivity contribution in [3.8, 4) is 0 Å². The lowest BCUT2D eigenvalue weighted by Gasteiger charge is -2.06. The Morgan fingerprint density at radius 1 is 1.59 bits per heavy atom. The molecule has 17 heavy (non-hydrogen) atoms. The van der Waals surface area contributed by atoms with Crippen LogP contribution >= 0.6 is 23.1 Å². The van der Waals surface area contributed by atoms with Crippen LogP contribution in [-0.2, 0) is 10.5 Å². The summed E-state index contributed by atoms with van der Waals surface area (Å²) in [6.07, 6.45) is 2.74. The van der Waals surface area contributed by atoms with Crippen LogP contribution in [0.1, 0.15) is 37.9 Å². The zero-order valence-electron chi connectivity index (χ0n) is 10.8. The zero-order chi connectivity index (χ0) is 12.8. The van der Waals surface area contributed by atoms with Crippen molar-refractivity contribution in [3.05, 3.63) is 27.7 Å². The van der Waals surface area contributed by atoms with Crippen LogP contribution in [-0.4, -0.2) is 16.0 Å². The lowest BCUT2D eigenvalue weighted by atomic mass is 10.1. The Bertz CT molecular complexity index is 409. The predicted octanol–water partition coefficient (Wildman–Crippen LogP) is 4.00. The molecule has 0 amide bonds. The van der Waals surface area contributed by atoms with Gasteiger partial charge < -0.3 is 0 Å². The van der Waals surface area contributed by atoms with E-state index >= 15 is 0 Å². The van der Waals surface area contributed by atoms with Crippen LogP contribution in [0.3, 0.4) is 0 Å². The molecular weight excluding hydrogens is 250 g/mol. The first-order valence-electron chi connectivity index (χ1n) is 5.66. The number of aryl methyl sites for hydroxylation is 1. The molecule has 0 saturated heterocycles. The number of thioether (sulfide) groups is 1. The number of hydrogen-bond acceptors (Lipinski definition) is 4. The summed E-state index contributed by atoms with van der Waals surface area (Å²) in [4.78, 5) is 15.4. The molecule has 0 N–H and O–H groups in total. The van der Waals surface area contributed by atoms with Crippen LogP contribution in [0.5, 0.6) is 0 Å². The van der Waals surface area contributed by atoms with Gasteiger partial charge in [0, 0.05) is 22.8 Å². The third-order valence-electron chi connectivity index (χ3n) is 2.21. The van der Waals surface area contributed by atoms with Crippen LogP contribution in [0.15, 0.2) is 17.0 Å². The van der Waals surface area contributed by atoms with Crippen molar-refractivity contribution in [1.29, 1.82) is 0 Å². The minimum absolute atomic E-state index is 0.228. The molecule has 1 aromatic rings. The highest BCUT2D eigenvalue weighted by Gasteiger charge is 2.04. The van der Waals surface area contributed by atoms with Gasteiger partial charge in [-0.1, -0.05) is 11.6 Å². The van der Waals surface area contributed by atoms with Gasteiger partial charge in [-0.15, -0.1) is 23.1 Å². The highest BCUT2D eigenvalue weighted by molar-refractivity contribution is 7.99. The summed E-state index contributed by atoms with van der Waals surface area (Å²) in [6.45, 7) is 7.84. The standard InChI is InChI=1S/C13H19NOS2/c1-9(5-10(2)15)6-11(3)16-7-13-8-17-12(4)14-13/h6,8,11H,5,7H2,1-4H3/b9-6-. The largest absolute Gasteiger partial charge is 0.300 e. The fraction of sp³-hybridized carbons (Fsp3) is 0.538. The van der Waals surface area contributed by atoms with Crippen molar-refractivity contribution >= 4 is 28.9 Å². The van der Waals surface area contributed by atoms with E-state index in [1.54, 1.807) is 18.3 Å². The third-order valence-corrected chi connectivity index (χ3v) is 4.15. The number of aromatic nitrogens is 1. The minimum Gasteiger partial charge on any atom is -0.300 e. The van der Waals surface area contributed by atoms with E-state index in [1.165, 1.54) is 0 Å². The Hall–Kier alpha value is -0.610. The van der Waals surface area contributed by atoms with Gasteiger partial charge in [-0.3, -0.25) is 4.79 Å². The molecule has 2 nitrogen and oxygen atoms in total. The van der Waals surface area contributed by atoms with Gasteiger partial charge in [0.15, 0.2) is 0 Å². The number of thiazole rings is 1. The number of rotatable bonds is 6. The molecule has 0 radical (unpaired) electrons. The van der Waals surface area contributed by atoms with Crippen LogP contribution in [0.2, 0.25) is 0 Å². The average molecular weight is 269 g/mol. The highest BCUT2D eigenvalue weighted by Crippen LogP contribution is 2.21. The molecule has 0 spiro atoms. The first-order valence-corrected chi connectivity index (χ1v) is 7.59. The number of carbonyl (C=O) groups excluding carboxylic acids is 1. The van der Waals surface area contributed by atoms with Gasteiger partial charge in [0.1, 0.15) is 5.78 Å². The van der Waals surface area contributed by atoms with Crippen molar-refractivity contribution in [2.45, 2.75) is 45.1 Å². The second-order valence-electron chi connectivity index (χ2n) is 4.27. The van der Waals surface area contributed by atoms with E-state index in [1.807, 2.05) is 25.6 Å². The molecule has 0 saturated carbocycles. The zero-order valence-corrected chi connectivity index (χ0v) is 12.5. The van der Waals surface area contributed by atoms with Gasteiger partial charge in [-0.05, 0) is 27.7 Å². The average Bonchev–Trinajstić information content (AvgIpc) is 2.59. The van der Waals surface area contributed by atoms with Crippen molar-refractivity contribution in [3.63, 3.8) is 0 Å². The number of nitrogens with zero attached hydrogens (tertiary/aromatic N) is 1. The summed E-state index contributed by atoms with van der Waals surface area (Å²) in [5.74, 6) is 1.17. The van der Waals surface area contributed by atoms with Crippen molar-refractivity contribution in [1.82, 2.24) is 4.98 Å². The maximum Gasteiger partial charge on any atom is 0.133 e. The molecule has 94 valence electrons. The third kappa shape index (κ3) is 6.03. The SMILES string of the molecule is CC(=O)C/C(C)=C\C(C)SCc1csc(C)n1. The monoisotopic (exact) mass is 269 g/mol. The topological polar surface area (TPSA) is 30.0 Å². The van der Waals surface area contributed by atoms with Crippen molar-refractivity contribution in [2.24, 2.45) is 0 Å². The summed E-state index contributed by atoms with van der Waals surface area (Å²) in [7, 11) is 0. The van der Waals surface area contributed by atoms with E-state index in [0.717, 1.165) is 22.0 Å². The van der Waals surface area contributed by atoms with Gasteiger partial charge in [0.25, 0.3) is 0 Å². The van der Waals surface area contributed by atoms with Crippen LogP contribution in [0.4, 0.5) is 0 Å². The molecule has 1 atom stereocenters. The quantitative estimate of drug-likeness (QED) is 0.731. The van der Waals surface area contributed by atoms with E-state index < -0.39 is 0 Å². The minimum atomic E-state index is 0.228. The fourth-order valence-electron chi connectivity index (χ4n) is 1.59. The summed E-state index contributed by atoms with van der Waals surface area (Å²) in [5, 5.41) is 3.66. The number of ketones is 1.